The molecule has 1 fully saturated rings. The molecule has 0 radical (unpaired) electrons. The lowest BCUT2D eigenvalue weighted by molar-refractivity contribution is 0.0941. The van der Waals surface area contributed by atoms with Gasteiger partial charge in [0.25, 0.3) is 11.7 Å². The summed E-state index contributed by atoms with van der Waals surface area (Å²) in [4.78, 5) is 20.2. The molecule has 1 amide bonds. The van der Waals surface area contributed by atoms with Gasteiger partial charge in [-0.2, -0.15) is 4.98 Å². The molecule has 1 saturated carbocycles. The summed E-state index contributed by atoms with van der Waals surface area (Å²) in [5.41, 5.74) is 1.79. The Bertz CT molecular complexity index is 599. The fraction of sp³-hybridized carbons (Fsp3) is 0.455. The molecule has 1 aliphatic carbocycles. The number of carbonyl (C=O) groups excluding carboxylic acids is 1. The Labute approximate surface area is 98.1 Å². The van der Waals surface area contributed by atoms with Gasteiger partial charge in [0.1, 0.15) is 0 Å². The topological polar surface area (TPSA) is 72.2 Å². The molecule has 1 N–H and O–H groups in total. The minimum absolute atomic E-state index is 0.193. The third-order valence-electron chi connectivity index (χ3n) is 2.73. The zero-order valence-corrected chi connectivity index (χ0v) is 9.77. The summed E-state index contributed by atoms with van der Waals surface area (Å²) < 4.78 is 1.59. The smallest absolute Gasteiger partial charge is 0.291 e. The average Bonchev–Trinajstić information content (AvgIpc) is 2.94. The van der Waals surface area contributed by atoms with E-state index in [1.807, 2.05) is 19.9 Å². The van der Waals surface area contributed by atoms with Gasteiger partial charge in [-0.1, -0.05) is 0 Å². The second-order valence-corrected chi connectivity index (χ2v) is 4.43. The van der Waals surface area contributed by atoms with E-state index in [9.17, 15) is 4.79 Å². The summed E-state index contributed by atoms with van der Waals surface area (Å²) in [6.07, 6.45) is 2.10. The molecule has 88 valence electrons. The summed E-state index contributed by atoms with van der Waals surface area (Å²) in [7, 11) is 0. The number of nitrogens with one attached hydrogen (secondary N) is 1. The van der Waals surface area contributed by atoms with Crippen molar-refractivity contribution in [2.75, 3.05) is 0 Å². The van der Waals surface area contributed by atoms with Gasteiger partial charge in [-0.25, -0.2) is 9.50 Å². The lowest BCUT2D eigenvalue weighted by Crippen LogP contribution is -2.26. The molecule has 0 saturated heterocycles. The first kappa shape index (κ1) is 10.2. The molecule has 2 aromatic rings. The molecule has 6 nitrogen and oxygen atoms in total. The Morgan fingerprint density at radius 2 is 2.18 bits per heavy atom. The van der Waals surface area contributed by atoms with E-state index in [0.29, 0.717) is 11.8 Å². The van der Waals surface area contributed by atoms with Crippen LogP contribution in [-0.2, 0) is 0 Å². The van der Waals surface area contributed by atoms with E-state index in [1.165, 1.54) is 0 Å². The highest BCUT2D eigenvalue weighted by Crippen LogP contribution is 2.19. The maximum Gasteiger partial charge on any atom is 0.291 e. The van der Waals surface area contributed by atoms with Gasteiger partial charge in [-0.05, 0) is 32.8 Å². The fourth-order valence-electron chi connectivity index (χ4n) is 1.74. The molecule has 0 bridgehead atoms. The zero-order chi connectivity index (χ0) is 12.0. The molecule has 0 atom stereocenters. The van der Waals surface area contributed by atoms with Gasteiger partial charge >= 0.3 is 0 Å². The van der Waals surface area contributed by atoms with E-state index in [4.69, 9.17) is 0 Å². The van der Waals surface area contributed by atoms with Crippen molar-refractivity contribution in [2.24, 2.45) is 0 Å². The Morgan fingerprint density at radius 3 is 2.88 bits per heavy atom. The van der Waals surface area contributed by atoms with Crippen LogP contribution in [0.15, 0.2) is 6.07 Å². The van der Waals surface area contributed by atoms with Crippen LogP contribution in [0, 0.1) is 13.8 Å². The number of fused-ring (bicyclic) bond motifs is 1. The number of carbonyl (C=O) groups is 1. The second-order valence-electron chi connectivity index (χ2n) is 4.43. The van der Waals surface area contributed by atoms with Crippen molar-refractivity contribution in [1.29, 1.82) is 0 Å². The Balaban J connectivity index is 2.00. The normalized spacial score (nSPS) is 15.2. The van der Waals surface area contributed by atoms with Crippen molar-refractivity contribution in [3.63, 3.8) is 0 Å². The van der Waals surface area contributed by atoms with Crippen LogP contribution in [0.1, 0.15) is 34.8 Å². The van der Waals surface area contributed by atoms with E-state index in [1.54, 1.807) is 4.52 Å². The molecule has 2 heterocycles. The van der Waals surface area contributed by atoms with Gasteiger partial charge in [0.2, 0.25) is 5.82 Å². The standard InChI is InChI=1S/C11H13N5O/c1-6-5-7(2)16-11(12-6)14-9(15-16)10(17)13-8-3-4-8/h5,8H,3-4H2,1-2H3,(H,13,17). The maximum atomic E-state index is 11.8. The molecule has 3 rings (SSSR count). The van der Waals surface area contributed by atoms with Gasteiger partial charge in [0, 0.05) is 17.4 Å². The van der Waals surface area contributed by atoms with Gasteiger partial charge in [-0.15, -0.1) is 5.10 Å². The van der Waals surface area contributed by atoms with Crippen molar-refractivity contribution >= 4 is 11.7 Å². The Kier molecular flexibility index (Phi) is 2.10. The first-order chi connectivity index (χ1) is 8.13. The van der Waals surface area contributed by atoms with Gasteiger partial charge in [-0.3, -0.25) is 4.79 Å². The SMILES string of the molecule is Cc1cc(C)n2nc(C(=O)NC3CC3)nc2n1. The van der Waals surface area contributed by atoms with Crippen molar-refractivity contribution in [1.82, 2.24) is 24.9 Å². The highest BCUT2D eigenvalue weighted by atomic mass is 16.2. The lowest BCUT2D eigenvalue weighted by Gasteiger charge is -1.97. The first-order valence-corrected chi connectivity index (χ1v) is 5.65. The van der Waals surface area contributed by atoms with E-state index < -0.39 is 0 Å². The van der Waals surface area contributed by atoms with Crippen LogP contribution in [0.25, 0.3) is 5.78 Å². The third-order valence-corrected chi connectivity index (χ3v) is 2.73. The minimum atomic E-state index is -0.213. The van der Waals surface area contributed by atoms with Gasteiger partial charge < -0.3 is 5.32 Å². The number of rotatable bonds is 2. The summed E-state index contributed by atoms with van der Waals surface area (Å²) >= 11 is 0. The Hall–Kier alpha value is -1.98. The summed E-state index contributed by atoms with van der Waals surface area (Å²) in [6, 6.07) is 2.22. The Morgan fingerprint density at radius 1 is 1.41 bits per heavy atom. The highest BCUT2D eigenvalue weighted by Gasteiger charge is 2.25. The summed E-state index contributed by atoms with van der Waals surface area (Å²) in [5.74, 6) is 0.455. The van der Waals surface area contributed by atoms with Crippen LogP contribution in [0.5, 0.6) is 0 Å². The number of aromatic nitrogens is 4. The predicted molar refractivity (Wildman–Crippen MR) is 60.7 cm³/mol. The lowest BCUT2D eigenvalue weighted by atomic mass is 10.4. The predicted octanol–water partition coefficient (Wildman–Crippen LogP) is 0.633. The summed E-state index contributed by atoms with van der Waals surface area (Å²) in [5, 5.41) is 7.03. The summed E-state index contributed by atoms with van der Waals surface area (Å²) in [6.45, 7) is 3.81. The molecule has 0 unspecified atom stereocenters. The van der Waals surface area contributed by atoms with Gasteiger partial charge in [0.15, 0.2) is 0 Å². The van der Waals surface area contributed by atoms with Crippen LogP contribution in [0.4, 0.5) is 0 Å². The largest absolute Gasteiger partial charge is 0.347 e. The number of amides is 1. The zero-order valence-electron chi connectivity index (χ0n) is 9.77. The van der Waals surface area contributed by atoms with Crippen LogP contribution in [0.2, 0.25) is 0 Å². The van der Waals surface area contributed by atoms with Crippen molar-refractivity contribution < 1.29 is 4.79 Å². The average molecular weight is 231 g/mol. The minimum Gasteiger partial charge on any atom is -0.347 e. The molecule has 6 heteroatoms. The molecule has 0 aromatic carbocycles. The van der Waals surface area contributed by atoms with Gasteiger partial charge in [0.05, 0.1) is 0 Å². The van der Waals surface area contributed by atoms with Crippen molar-refractivity contribution in [3.05, 3.63) is 23.3 Å². The number of aryl methyl sites for hydroxylation is 2. The quantitative estimate of drug-likeness (QED) is 0.823. The van der Waals surface area contributed by atoms with E-state index in [2.05, 4.69) is 20.4 Å². The number of hydrogen-bond donors (Lipinski definition) is 1. The fourth-order valence-corrected chi connectivity index (χ4v) is 1.74. The second kappa shape index (κ2) is 3.51. The van der Waals surface area contributed by atoms with E-state index >= 15 is 0 Å². The van der Waals surface area contributed by atoms with Crippen LogP contribution in [0.3, 0.4) is 0 Å². The van der Waals surface area contributed by atoms with Crippen molar-refractivity contribution in [2.45, 2.75) is 32.7 Å². The molecule has 1 aliphatic rings. The molecular formula is C11H13N5O. The van der Waals surface area contributed by atoms with Crippen molar-refractivity contribution in [3.8, 4) is 0 Å². The molecular weight excluding hydrogens is 218 g/mol. The maximum absolute atomic E-state index is 11.8. The van der Waals surface area contributed by atoms with Crippen LogP contribution in [-0.4, -0.2) is 31.5 Å². The van der Waals surface area contributed by atoms with E-state index in [-0.39, 0.29) is 11.7 Å². The molecule has 17 heavy (non-hydrogen) atoms. The molecule has 0 aliphatic heterocycles. The first-order valence-electron chi connectivity index (χ1n) is 5.65. The number of hydrogen-bond acceptors (Lipinski definition) is 4. The van der Waals surface area contributed by atoms with Crippen LogP contribution < -0.4 is 5.32 Å². The third kappa shape index (κ3) is 1.86. The monoisotopic (exact) mass is 231 g/mol. The van der Waals surface area contributed by atoms with E-state index in [0.717, 1.165) is 24.2 Å². The molecule has 2 aromatic heterocycles. The van der Waals surface area contributed by atoms with Crippen LogP contribution >= 0.6 is 0 Å². The number of nitrogens with zero attached hydrogens (tertiary/aromatic N) is 4. The molecule has 0 spiro atoms. The highest BCUT2D eigenvalue weighted by molar-refractivity contribution is 5.91.